The molecule has 0 saturated heterocycles. The van der Waals surface area contributed by atoms with Crippen molar-refractivity contribution in [3.05, 3.63) is 36.7 Å². The lowest BCUT2D eigenvalue weighted by atomic mass is 10.1. The predicted molar refractivity (Wildman–Crippen MR) is 69.6 cm³/mol. The van der Waals surface area contributed by atoms with Gasteiger partial charge in [-0.25, -0.2) is 13.6 Å². The Balaban J connectivity index is 2.37. The van der Waals surface area contributed by atoms with Gasteiger partial charge in [0.25, 0.3) is 5.92 Å². The number of alkyl halides is 2. The quantitative estimate of drug-likeness (QED) is 0.705. The molecule has 0 unspecified atom stereocenters. The molecule has 1 rings (SSSR count). The van der Waals surface area contributed by atoms with E-state index in [4.69, 9.17) is 4.74 Å². The van der Waals surface area contributed by atoms with Crippen molar-refractivity contribution in [3.63, 3.8) is 0 Å². The first kappa shape index (κ1) is 15.4. The molecule has 3 nitrogen and oxygen atoms in total. The Morgan fingerprint density at radius 3 is 2.47 bits per heavy atom. The monoisotopic (exact) mass is 271 g/mol. The van der Waals surface area contributed by atoms with Crippen molar-refractivity contribution in [2.45, 2.75) is 32.6 Å². The highest BCUT2D eigenvalue weighted by molar-refractivity contribution is 5.70. The number of carbonyl (C=O) groups is 1. The highest BCUT2D eigenvalue weighted by Gasteiger charge is 2.30. The normalized spacial score (nSPS) is 15.7. The van der Waals surface area contributed by atoms with Crippen LogP contribution in [0.4, 0.5) is 13.6 Å². The highest BCUT2D eigenvalue weighted by atomic mass is 19.3. The molecule has 1 amide bonds. The second kappa shape index (κ2) is 6.50. The van der Waals surface area contributed by atoms with Crippen molar-refractivity contribution in [1.29, 1.82) is 0 Å². The number of hydrogen-bond acceptors (Lipinski definition) is 2. The van der Waals surface area contributed by atoms with Crippen LogP contribution in [0, 0.1) is 5.92 Å². The fourth-order valence-corrected chi connectivity index (χ4v) is 1.47. The number of carbonyl (C=O) groups excluding carboxylic acids is 1. The van der Waals surface area contributed by atoms with Crippen LogP contribution in [0.2, 0.25) is 0 Å². The van der Waals surface area contributed by atoms with Gasteiger partial charge in [0.05, 0.1) is 6.61 Å². The van der Waals surface area contributed by atoms with E-state index in [0.29, 0.717) is 5.92 Å². The molecular weight excluding hydrogens is 252 g/mol. The molecule has 106 valence electrons. The van der Waals surface area contributed by atoms with E-state index in [1.54, 1.807) is 12.4 Å². The predicted octanol–water partition coefficient (Wildman–Crippen LogP) is 4.09. The Morgan fingerprint density at radius 2 is 2.00 bits per heavy atom. The number of nitrogens with zero attached hydrogens (tertiary/aromatic N) is 1. The lowest BCUT2D eigenvalue weighted by Gasteiger charge is -2.20. The van der Waals surface area contributed by atoms with E-state index in [1.807, 2.05) is 19.1 Å². The maximum Gasteiger partial charge on any atom is 0.417 e. The fraction of sp³-hybridized carbons (Fsp3) is 0.500. The molecule has 0 bridgehead atoms. The molecule has 19 heavy (non-hydrogen) atoms. The van der Waals surface area contributed by atoms with Crippen molar-refractivity contribution >= 4 is 6.09 Å². The van der Waals surface area contributed by atoms with Crippen molar-refractivity contribution in [2.24, 2.45) is 5.92 Å². The summed E-state index contributed by atoms with van der Waals surface area (Å²) < 4.78 is 31.2. The lowest BCUT2D eigenvalue weighted by molar-refractivity contribution is 0.0101. The van der Waals surface area contributed by atoms with E-state index in [0.717, 1.165) is 6.42 Å². The van der Waals surface area contributed by atoms with Crippen molar-refractivity contribution in [1.82, 2.24) is 4.90 Å². The van der Waals surface area contributed by atoms with Crippen molar-refractivity contribution in [2.75, 3.05) is 6.61 Å². The van der Waals surface area contributed by atoms with Crippen molar-refractivity contribution in [3.8, 4) is 0 Å². The topological polar surface area (TPSA) is 29.5 Å². The SMILES string of the molecule is C=C(C)C(F)(F)CCOC(=O)N1C=CC(CC)C=C1. The largest absolute Gasteiger partial charge is 0.449 e. The van der Waals surface area contributed by atoms with Crippen molar-refractivity contribution < 1.29 is 18.3 Å². The minimum atomic E-state index is -3.00. The summed E-state index contributed by atoms with van der Waals surface area (Å²) in [6.07, 6.45) is 6.65. The van der Waals surface area contributed by atoms with Gasteiger partial charge in [-0.3, -0.25) is 4.90 Å². The Morgan fingerprint density at radius 1 is 1.42 bits per heavy atom. The first-order valence-corrected chi connectivity index (χ1v) is 6.22. The summed E-state index contributed by atoms with van der Waals surface area (Å²) in [6.45, 7) is 6.16. The van der Waals surface area contributed by atoms with Crippen LogP contribution in [0.15, 0.2) is 36.7 Å². The van der Waals surface area contributed by atoms with Gasteiger partial charge < -0.3 is 4.74 Å². The maximum absolute atomic E-state index is 13.2. The lowest BCUT2D eigenvalue weighted by Crippen LogP contribution is -2.26. The van der Waals surface area contributed by atoms with Crippen LogP contribution in [0.3, 0.4) is 0 Å². The third kappa shape index (κ3) is 4.50. The maximum atomic E-state index is 13.2. The summed E-state index contributed by atoms with van der Waals surface area (Å²) in [4.78, 5) is 12.8. The Labute approximate surface area is 112 Å². The van der Waals surface area contributed by atoms with Crippen LogP contribution in [-0.2, 0) is 4.74 Å². The zero-order valence-electron chi connectivity index (χ0n) is 11.2. The van der Waals surface area contributed by atoms with Gasteiger partial charge in [0.15, 0.2) is 0 Å². The second-order valence-electron chi connectivity index (χ2n) is 4.51. The molecule has 0 aromatic heterocycles. The number of amides is 1. The van der Waals surface area contributed by atoms with E-state index in [-0.39, 0.29) is 12.2 Å². The molecular formula is C14H19F2NO2. The summed E-state index contributed by atoms with van der Waals surface area (Å²) in [5.41, 5.74) is -0.230. The summed E-state index contributed by atoms with van der Waals surface area (Å²) in [7, 11) is 0. The number of halogens is 2. The van der Waals surface area contributed by atoms with Crippen LogP contribution in [0.25, 0.3) is 0 Å². The van der Waals surface area contributed by atoms with E-state index in [2.05, 4.69) is 6.58 Å². The van der Waals surface area contributed by atoms with Crippen LogP contribution >= 0.6 is 0 Å². The van der Waals surface area contributed by atoms with Gasteiger partial charge >= 0.3 is 6.09 Å². The van der Waals surface area contributed by atoms with Gasteiger partial charge in [-0.15, -0.1) is 0 Å². The molecule has 0 aromatic rings. The average Bonchev–Trinajstić information content (AvgIpc) is 2.38. The second-order valence-corrected chi connectivity index (χ2v) is 4.51. The van der Waals surface area contributed by atoms with Crippen LogP contribution in [-0.4, -0.2) is 23.5 Å². The molecule has 5 heteroatoms. The molecule has 1 aliphatic heterocycles. The van der Waals surface area contributed by atoms with Gasteiger partial charge in [-0.05, 0) is 24.8 Å². The summed E-state index contributed by atoms with van der Waals surface area (Å²) in [5.74, 6) is -2.70. The zero-order chi connectivity index (χ0) is 14.5. The van der Waals surface area contributed by atoms with E-state index in [1.165, 1.54) is 11.8 Å². The third-order valence-electron chi connectivity index (χ3n) is 2.94. The zero-order valence-corrected chi connectivity index (χ0v) is 11.2. The molecule has 0 fully saturated rings. The molecule has 0 aliphatic carbocycles. The van der Waals surface area contributed by atoms with E-state index < -0.39 is 18.4 Å². The average molecular weight is 271 g/mol. The summed E-state index contributed by atoms with van der Waals surface area (Å²) in [5, 5.41) is 0. The Kier molecular flexibility index (Phi) is 5.27. The van der Waals surface area contributed by atoms with E-state index in [9.17, 15) is 13.6 Å². The highest BCUT2D eigenvalue weighted by Crippen LogP contribution is 2.26. The fourth-order valence-electron chi connectivity index (χ4n) is 1.47. The van der Waals surface area contributed by atoms with Gasteiger partial charge in [0, 0.05) is 18.8 Å². The van der Waals surface area contributed by atoms with Crippen LogP contribution < -0.4 is 0 Å². The molecule has 0 aromatic carbocycles. The molecule has 0 saturated carbocycles. The Bertz CT molecular complexity index is 388. The van der Waals surface area contributed by atoms with Gasteiger partial charge in [-0.1, -0.05) is 25.7 Å². The van der Waals surface area contributed by atoms with E-state index >= 15 is 0 Å². The smallest absolute Gasteiger partial charge is 0.417 e. The molecule has 1 heterocycles. The number of rotatable bonds is 5. The molecule has 0 N–H and O–H groups in total. The third-order valence-corrected chi connectivity index (χ3v) is 2.94. The van der Waals surface area contributed by atoms with Crippen LogP contribution in [0.5, 0.6) is 0 Å². The molecule has 1 aliphatic rings. The van der Waals surface area contributed by atoms with Gasteiger partial charge in [0.1, 0.15) is 0 Å². The minimum Gasteiger partial charge on any atom is -0.449 e. The van der Waals surface area contributed by atoms with Crippen LogP contribution in [0.1, 0.15) is 26.7 Å². The first-order chi connectivity index (χ1) is 8.86. The minimum absolute atomic E-state index is 0.230. The standard InChI is InChI=1S/C14H19F2NO2/c1-4-12-5-8-17(9-6-12)13(18)19-10-7-14(15,16)11(2)3/h5-6,8-9,12H,2,4,7,10H2,1,3H3. The summed E-state index contributed by atoms with van der Waals surface area (Å²) in [6, 6.07) is 0. The Hall–Kier alpha value is -1.65. The first-order valence-electron chi connectivity index (χ1n) is 6.22. The van der Waals surface area contributed by atoms with Gasteiger partial charge in [0.2, 0.25) is 0 Å². The summed E-state index contributed by atoms with van der Waals surface area (Å²) >= 11 is 0. The number of allylic oxidation sites excluding steroid dienone is 3. The molecule has 0 atom stereocenters. The number of hydrogen-bond donors (Lipinski definition) is 0. The molecule has 0 spiro atoms. The molecule has 0 radical (unpaired) electrons. The number of ether oxygens (including phenoxy) is 1. The van der Waals surface area contributed by atoms with Gasteiger partial charge in [-0.2, -0.15) is 0 Å².